The maximum absolute atomic E-state index is 12.0. The molecule has 0 fully saturated rings. The predicted octanol–water partition coefficient (Wildman–Crippen LogP) is 3.08. The van der Waals surface area contributed by atoms with Crippen molar-refractivity contribution in [3.05, 3.63) is 36.1 Å². The second kappa shape index (κ2) is 5.79. The van der Waals surface area contributed by atoms with Gasteiger partial charge in [0.05, 0.1) is 5.75 Å². The van der Waals surface area contributed by atoms with Gasteiger partial charge in [0.2, 0.25) is 5.78 Å². The van der Waals surface area contributed by atoms with Crippen LogP contribution < -0.4 is 0 Å². The van der Waals surface area contributed by atoms with Gasteiger partial charge in [-0.25, -0.2) is 8.42 Å². The van der Waals surface area contributed by atoms with Crippen LogP contribution in [0.2, 0.25) is 0 Å². The fourth-order valence-corrected chi connectivity index (χ4v) is 3.39. The molecule has 0 bridgehead atoms. The Morgan fingerprint density at radius 3 is 2.60 bits per heavy atom. The van der Waals surface area contributed by atoms with E-state index in [1.54, 1.807) is 18.2 Å². The van der Waals surface area contributed by atoms with E-state index in [0.29, 0.717) is 17.9 Å². The first-order valence-corrected chi connectivity index (χ1v) is 8.42. The van der Waals surface area contributed by atoms with Gasteiger partial charge in [-0.05, 0) is 24.5 Å². The SMILES string of the molecule is CC(C)CCS(=O)(=O)CC(=O)c1cc2ccccc2o1. The van der Waals surface area contributed by atoms with Crippen LogP contribution in [0, 0.1) is 5.92 Å². The third-order valence-electron chi connectivity index (χ3n) is 3.06. The molecule has 108 valence electrons. The van der Waals surface area contributed by atoms with E-state index in [1.807, 2.05) is 26.0 Å². The Kier molecular flexibility index (Phi) is 4.28. The molecular formula is C15H18O4S. The number of hydrogen-bond donors (Lipinski definition) is 0. The van der Waals surface area contributed by atoms with Crippen LogP contribution in [0.1, 0.15) is 30.8 Å². The predicted molar refractivity (Wildman–Crippen MR) is 78.7 cm³/mol. The summed E-state index contributed by atoms with van der Waals surface area (Å²) in [4.78, 5) is 12.0. The number of hydrogen-bond acceptors (Lipinski definition) is 4. The Hall–Kier alpha value is -1.62. The monoisotopic (exact) mass is 294 g/mol. The zero-order valence-corrected chi connectivity index (χ0v) is 12.4. The summed E-state index contributed by atoms with van der Waals surface area (Å²) in [5.74, 6) is -0.522. The molecular weight excluding hydrogens is 276 g/mol. The molecule has 0 radical (unpaired) electrons. The number of carbonyl (C=O) groups excluding carboxylic acids is 1. The highest BCUT2D eigenvalue weighted by Gasteiger charge is 2.21. The van der Waals surface area contributed by atoms with Gasteiger partial charge < -0.3 is 4.42 Å². The van der Waals surface area contributed by atoms with Crippen LogP contribution in [0.15, 0.2) is 34.7 Å². The van der Waals surface area contributed by atoms with Crippen LogP contribution >= 0.6 is 0 Å². The summed E-state index contributed by atoms with van der Waals surface area (Å²) in [6.07, 6.45) is 0.565. The molecule has 0 aliphatic carbocycles. The molecule has 0 saturated heterocycles. The smallest absolute Gasteiger partial charge is 0.213 e. The van der Waals surface area contributed by atoms with Gasteiger partial charge in [-0.15, -0.1) is 0 Å². The van der Waals surface area contributed by atoms with Gasteiger partial charge in [0, 0.05) is 5.39 Å². The van der Waals surface area contributed by atoms with Gasteiger partial charge in [0.1, 0.15) is 11.3 Å². The summed E-state index contributed by atoms with van der Waals surface area (Å²) in [6, 6.07) is 8.81. The highest BCUT2D eigenvalue weighted by atomic mass is 32.2. The Labute approximate surface area is 118 Å². The van der Waals surface area contributed by atoms with Crippen molar-refractivity contribution >= 4 is 26.6 Å². The summed E-state index contributed by atoms with van der Waals surface area (Å²) in [7, 11) is -3.37. The number of para-hydroxylation sites is 1. The molecule has 4 nitrogen and oxygen atoms in total. The van der Waals surface area contributed by atoms with E-state index in [-0.39, 0.29) is 11.5 Å². The molecule has 1 aromatic carbocycles. The van der Waals surface area contributed by atoms with Crippen molar-refractivity contribution in [1.29, 1.82) is 0 Å². The molecule has 0 aliphatic rings. The summed E-state index contributed by atoms with van der Waals surface area (Å²) >= 11 is 0. The van der Waals surface area contributed by atoms with Gasteiger partial charge >= 0.3 is 0 Å². The van der Waals surface area contributed by atoms with Gasteiger partial charge in [0.15, 0.2) is 15.6 Å². The van der Waals surface area contributed by atoms with Gasteiger partial charge in [0.25, 0.3) is 0 Å². The summed E-state index contributed by atoms with van der Waals surface area (Å²) < 4.78 is 29.1. The lowest BCUT2D eigenvalue weighted by Gasteiger charge is -2.04. The van der Waals surface area contributed by atoms with Crippen LogP contribution in [0.5, 0.6) is 0 Å². The number of benzene rings is 1. The third kappa shape index (κ3) is 3.70. The number of Topliss-reactive ketones (excluding diaryl/α,β-unsaturated/α-hetero) is 1. The second-order valence-corrected chi connectivity index (χ2v) is 7.53. The van der Waals surface area contributed by atoms with E-state index < -0.39 is 21.4 Å². The molecule has 0 saturated carbocycles. The van der Waals surface area contributed by atoms with Crippen LogP contribution in [-0.2, 0) is 9.84 Å². The molecule has 1 aromatic heterocycles. The fraction of sp³-hybridized carbons (Fsp3) is 0.400. The molecule has 0 N–H and O–H groups in total. The molecule has 0 spiro atoms. The number of carbonyl (C=O) groups is 1. The lowest BCUT2D eigenvalue weighted by molar-refractivity contribution is 0.0992. The summed E-state index contributed by atoms with van der Waals surface area (Å²) in [5, 5.41) is 0.801. The molecule has 0 unspecified atom stereocenters. The highest BCUT2D eigenvalue weighted by molar-refractivity contribution is 7.92. The minimum Gasteiger partial charge on any atom is -0.453 e. The van der Waals surface area contributed by atoms with E-state index in [2.05, 4.69) is 0 Å². The van der Waals surface area contributed by atoms with E-state index in [0.717, 1.165) is 5.39 Å². The summed E-state index contributed by atoms with van der Waals surface area (Å²) in [5.41, 5.74) is 0.593. The maximum Gasteiger partial charge on any atom is 0.213 e. The van der Waals surface area contributed by atoms with Crippen molar-refractivity contribution < 1.29 is 17.6 Å². The Morgan fingerprint density at radius 1 is 1.25 bits per heavy atom. The molecule has 1 heterocycles. The number of ketones is 1. The van der Waals surface area contributed by atoms with Crippen LogP contribution in [0.3, 0.4) is 0 Å². The lowest BCUT2D eigenvalue weighted by Crippen LogP contribution is -2.19. The first kappa shape index (κ1) is 14.8. The molecule has 0 atom stereocenters. The quantitative estimate of drug-likeness (QED) is 0.768. The van der Waals surface area contributed by atoms with Crippen molar-refractivity contribution in [2.75, 3.05) is 11.5 Å². The zero-order chi connectivity index (χ0) is 14.8. The molecule has 2 rings (SSSR count). The molecule has 2 aromatic rings. The largest absolute Gasteiger partial charge is 0.453 e. The standard InChI is InChI=1S/C15H18O4S/c1-11(2)7-8-20(17,18)10-13(16)15-9-12-5-3-4-6-14(12)19-15/h3-6,9,11H,7-8,10H2,1-2H3. The minimum atomic E-state index is -3.37. The zero-order valence-electron chi connectivity index (χ0n) is 11.6. The van der Waals surface area contributed by atoms with Gasteiger partial charge in [-0.1, -0.05) is 32.0 Å². The molecule has 0 aliphatic heterocycles. The van der Waals surface area contributed by atoms with Gasteiger partial charge in [-0.2, -0.15) is 0 Å². The van der Waals surface area contributed by atoms with Crippen LogP contribution in [-0.4, -0.2) is 25.7 Å². The van der Waals surface area contributed by atoms with Crippen molar-refractivity contribution in [1.82, 2.24) is 0 Å². The third-order valence-corrected chi connectivity index (χ3v) is 4.62. The van der Waals surface area contributed by atoms with E-state index in [1.165, 1.54) is 0 Å². The number of rotatable bonds is 6. The first-order chi connectivity index (χ1) is 9.37. The summed E-state index contributed by atoms with van der Waals surface area (Å²) in [6.45, 7) is 3.91. The normalized spacial score (nSPS) is 12.2. The van der Waals surface area contributed by atoms with Crippen molar-refractivity contribution in [3.8, 4) is 0 Å². The van der Waals surface area contributed by atoms with Gasteiger partial charge in [-0.3, -0.25) is 4.79 Å². The average Bonchev–Trinajstić information content (AvgIpc) is 2.80. The molecule has 5 heteroatoms. The van der Waals surface area contributed by atoms with Crippen molar-refractivity contribution in [2.45, 2.75) is 20.3 Å². The minimum absolute atomic E-state index is 0.0383. The Morgan fingerprint density at radius 2 is 1.95 bits per heavy atom. The number of sulfone groups is 1. The van der Waals surface area contributed by atoms with Crippen LogP contribution in [0.4, 0.5) is 0 Å². The van der Waals surface area contributed by atoms with Crippen molar-refractivity contribution in [3.63, 3.8) is 0 Å². The topological polar surface area (TPSA) is 64.3 Å². The van der Waals surface area contributed by atoms with Crippen LogP contribution in [0.25, 0.3) is 11.0 Å². The van der Waals surface area contributed by atoms with Crippen molar-refractivity contribution in [2.24, 2.45) is 5.92 Å². The number of fused-ring (bicyclic) bond motifs is 1. The second-order valence-electron chi connectivity index (χ2n) is 5.35. The Balaban J connectivity index is 2.11. The molecule has 20 heavy (non-hydrogen) atoms. The number of furan rings is 1. The van der Waals surface area contributed by atoms with E-state index in [9.17, 15) is 13.2 Å². The average molecular weight is 294 g/mol. The highest BCUT2D eigenvalue weighted by Crippen LogP contribution is 2.19. The Bertz CT molecular complexity index is 677. The van der Waals surface area contributed by atoms with E-state index in [4.69, 9.17) is 4.42 Å². The fourth-order valence-electron chi connectivity index (χ4n) is 1.88. The van der Waals surface area contributed by atoms with E-state index >= 15 is 0 Å². The first-order valence-electron chi connectivity index (χ1n) is 6.59. The molecule has 0 amide bonds. The lowest BCUT2D eigenvalue weighted by atomic mass is 10.2. The maximum atomic E-state index is 12.0.